The third-order valence-electron chi connectivity index (χ3n) is 3.07. The summed E-state index contributed by atoms with van der Waals surface area (Å²) in [4.78, 5) is 0. The van der Waals surface area contributed by atoms with Gasteiger partial charge in [-0.05, 0) is 18.8 Å². The fourth-order valence-electron chi connectivity index (χ4n) is 1.57. The number of hydrogen-bond donors (Lipinski definition) is 0. The minimum Gasteiger partial charge on any atom is -0.378 e. The Bertz CT molecular complexity index is 165. The second-order valence-electron chi connectivity index (χ2n) is 5.07. The minimum absolute atomic E-state index is 0.179. The number of hydrogen-bond acceptors (Lipinski definition) is 1. The molecular weight excluding hydrogens is 184 g/mol. The van der Waals surface area contributed by atoms with Crippen molar-refractivity contribution >= 4 is 11.6 Å². The van der Waals surface area contributed by atoms with E-state index in [1.807, 2.05) is 0 Å². The third-order valence-corrected chi connectivity index (χ3v) is 3.81. The highest BCUT2D eigenvalue weighted by molar-refractivity contribution is 6.21. The van der Waals surface area contributed by atoms with Crippen LogP contribution in [-0.4, -0.2) is 18.1 Å². The van der Waals surface area contributed by atoms with Crippen molar-refractivity contribution in [1.82, 2.24) is 0 Å². The summed E-state index contributed by atoms with van der Waals surface area (Å²) >= 11 is 6.10. The zero-order valence-electron chi connectivity index (χ0n) is 9.14. The van der Waals surface area contributed by atoms with Gasteiger partial charge in [0.1, 0.15) is 0 Å². The van der Waals surface area contributed by atoms with E-state index in [0.717, 1.165) is 25.4 Å². The van der Waals surface area contributed by atoms with E-state index in [2.05, 4.69) is 27.7 Å². The van der Waals surface area contributed by atoms with Gasteiger partial charge in [-0.15, -0.1) is 11.6 Å². The van der Waals surface area contributed by atoms with Gasteiger partial charge in [0, 0.05) is 17.4 Å². The lowest BCUT2D eigenvalue weighted by atomic mass is 9.68. The van der Waals surface area contributed by atoms with Gasteiger partial charge in [0.25, 0.3) is 0 Å². The van der Waals surface area contributed by atoms with Gasteiger partial charge in [-0.25, -0.2) is 0 Å². The molecule has 0 aliphatic heterocycles. The zero-order chi connectivity index (χ0) is 10.1. The molecule has 1 nitrogen and oxygen atoms in total. The molecular formula is C11H21ClO. The summed E-state index contributed by atoms with van der Waals surface area (Å²) in [5.74, 6) is 0.731. The van der Waals surface area contributed by atoms with Crippen LogP contribution in [0.5, 0.6) is 0 Å². The average molecular weight is 205 g/mol. The molecule has 0 aromatic rings. The van der Waals surface area contributed by atoms with Gasteiger partial charge in [0.05, 0.1) is 6.10 Å². The van der Waals surface area contributed by atoms with Crippen LogP contribution in [0.4, 0.5) is 0 Å². The number of alkyl halides is 1. The van der Waals surface area contributed by atoms with E-state index in [1.165, 1.54) is 0 Å². The molecule has 0 N–H and O–H groups in total. The van der Waals surface area contributed by atoms with Crippen molar-refractivity contribution in [3.05, 3.63) is 0 Å². The number of ether oxygens (including phenoxy) is 1. The molecule has 1 aliphatic rings. The predicted molar refractivity (Wildman–Crippen MR) is 57.2 cm³/mol. The number of rotatable bonds is 4. The number of halogens is 1. The van der Waals surface area contributed by atoms with Crippen molar-refractivity contribution in [2.75, 3.05) is 6.61 Å². The molecule has 1 fully saturated rings. The second-order valence-corrected chi connectivity index (χ2v) is 5.59. The summed E-state index contributed by atoms with van der Waals surface area (Å²) in [5.41, 5.74) is 0.179. The first kappa shape index (κ1) is 11.3. The van der Waals surface area contributed by atoms with Gasteiger partial charge < -0.3 is 4.74 Å². The minimum atomic E-state index is 0.179. The molecule has 0 spiro atoms. The Kier molecular flexibility index (Phi) is 3.64. The molecule has 1 aliphatic carbocycles. The molecule has 13 heavy (non-hydrogen) atoms. The van der Waals surface area contributed by atoms with E-state index in [9.17, 15) is 0 Å². The van der Waals surface area contributed by atoms with Gasteiger partial charge in [-0.3, -0.25) is 0 Å². The van der Waals surface area contributed by atoms with Gasteiger partial charge in [0.2, 0.25) is 0 Å². The van der Waals surface area contributed by atoms with Gasteiger partial charge in [-0.1, -0.05) is 27.7 Å². The Labute approximate surface area is 86.8 Å². The van der Waals surface area contributed by atoms with E-state index >= 15 is 0 Å². The molecule has 0 heterocycles. The Morgan fingerprint density at radius 1 is 1.46 bits per heavy atom. The van der Waals surface area contributed by atoms with Crippen molar-refractivity contribution in [2.45, 2.75) is 52.0 Å². The lowest BCUT2D eigenvalue weighted by molar-refractivity contribution is -0.0908. The first-order chi connectivity index (χ1) is 5.94. The van der Waals surface area contributed by atoms with Crippen LogP contribution >= 0.6 is 11.6 Å². The molecule has 78 valence electrons. The summed E-state index contributed by atoms with van der Waals surface area (Å²) in [6, 6.07) is 0. The fourth-order valence-corrected chi connectivity index (χ4v) is 1.87. The maximum atomic E-state index is 6.10. The largest absolute Gasteiger partial charge is 0.378 e. The van der Waals surface area contributed by atoms with E-state index < -0.39 is 0 Å². The summed E-state index contributed by atoms with van der Waals surface area (Å²) < 4.78 is 5.79. The molecule has 2 atom stereocenters. The van der Waals surface area contributed by atoms with Crippen molar-refractivity contribution < 1.29 is 4.74 Å². The monoisotopic (exact) mass is 204 g/mol. The maximum absolute atomic E-state index is 6.10. The smallest absolute Gasteiger partial charge is 0.0654 e. The molecule has 0 aromatic carbocycles. The normalized spacial score (nSPS) is 31.8. The molecule has 0 bridgehead atoms. The summed E-state index contributed by atoms with van der Waals surface area (Å²) in [7, 11) is 0. The van der Waals surface area contributed by atoms with Gasteiger partial charge >= 0.3 is 0 Å². The molecule has 0 saturated heterocycles. The summed E-state index contributed by atoms with van der Waals surface area (Å²) in [6.07, 6.45) is 2.56. The van der Waals surface area contributed by atoms with Crippen LogP contribution in [-0.2, 0) is 4.74 Å². The van der Waals surface area contributed by atoms with Gasteiger partial charge in [0.15, 0.2) is 0 Å². The Morgan fingerprint density at radius 3 is 2.46 bits per heavy atom. The van der Waals surface area contributed by atoms with E-state index in [4.69, 9.17) is 16.3 Å². The van der Waals surface area contributed by atoms with Crippen LogP contribution in [0.25, 0.3) is 0 Å². The zero-order valence-corrected chi connectivity index (χ0v) is 9.90. The molecule has 0 aromatic heterocycles. The van der Waals surface area contributed by atoms with Crippen molar-refractivity contribution in [2.24, 2.45) is 11.3 Å². The molecule has 1 rings (SSSR count). The highest BCUT2D eigenvalue weighted by Crippen LogP contribution is 2.46. The van der Waals surface area contributed by atoms with E-state index in [1.54, 1.807) is 0 Å². The summed E-state index contributed by atoms with van der Waals surface area (Å²) in [6.45, 7) is 9.71. The molecule has 1 saturated carbocycles. The van der Waals surface area contributed by atoms with Crippen molar-refractivity contribution in [1.29, 1.82) is 0 Å². The lowest BCUT2D eigenvalue weighted by Crippen LogP contribution is -2.51. The van der Waals surface area contributed by atoms with Crippen LogP contribution in [0.3, 0.4) is 0 Å². The van der Waals surface area contributed by atoms with Crippen molar-refractivity contribution in [3.8, 4) is 0 Å². The topological polar surface area (TPSA) is 9.23 Å². The Hall–Kier alpha value is 0.250. The third kappa shape index (κ3) is 2.60. The Morgan fingerprint density at radius 2 is 2.08 bits per heavy atom. The van der Waals surface area contributed by atoms with Crippen LogP contribution in [0.2, 0.25) is 0 Å². The predicted octanol–water partition coefficient (Wildman–Crippen LogP) is 3.46. The van der Waals surface area contributed by atoms with Crippen LogP contribution in [0.15, 0.2) is 0 Å². The van der Waals surface area contributed by atoms with Crippen molar-refractivity contribution in [3.63, 3.8) is 0 Å². The highest BCUT2D eigenvalue weighted by atomic mass is 35.5. The highest BCUT2D eigenvalue weighted by Gasteiger charge is 2.47. The molecule has 0 amide bonds. The quantitative estimate of drug-likeness (QED) is 0.638. The SMILES string of the molecule is CC(C)CCOC1CC(Cl)C1(C)C. The van der Waals surface area contributed by atoms with E-state index in [-0.39, 0.29) is 5.41 Å². The molecule has 0 radical (unpaired) electrons. The van der Waals surface area contributed by atoms with Crippen LogP contribution < -0.4 is 0 Å². The molecule has 2 unspecified atom stereocenters. The summed E-state index contributed by atoms with van der Waals surface area (Å²) in [5, 5.41) is 0.302. The first-order valence-electron chi connectivity index (χ1n) is 5.20. The van der Waals surface area contributed by atoms with Gasteiger partial charge in [-0.2, -0.15) is 0 Å². The fraction of sp³-hybridized carbons (Fsp3) is 1.00. The second kappa shape index (κ2) is 4.18. The lowest BCUT2D eigenvalue weighted by Gasteiger charge is -2.48. The average Bonchev–Trinajstić information content (AvgIpc) is 2.02. The molecule has 2 heteroatoms. The maximum Gasteiger partial charge on any atom is 0.0654 e. The van der Waals surface area contributed by atoms with Crippen LogP contribution in [0, 0.1) is 11.3 Å². The standard InChI is InChI=1S/C11H21ClO/c1-8(2)5-6-13-10-7-9(12)11(10,3)4/h8-10H,5-7H2,1-4H3. The van der Waals surface area contributed by atoms with E-state index in [0.29, 0.717) is 11.5 Å². The van der Waals surface area contributed by atoms with Crippen LogP contribution in [0.1, 0.15) is 40.5 Å². The Balaban J connectivity index is 2.17. The first-order valence-corrected chi connectivity index (χ1v) is 5.64.